The molecule has 157 valence electrons. The Balaban J connectivity index is 0. The first kappa shape index (κ1) is 29.0. The van der Waals surface area contributed by atoms with Crippen LogP contribution in [0.3, 0.4) is 0 Å². The van der Waals surface area contributed by atoms with Crippen molar-refractivity contribution in [1.82, 2.24) is 0 Å². The van der Waals surface area contributed by atoms with Gasteiger partial charge in [-0.2, -0.15) is 0 Å². The monoisotopic (exact) mass is 429 g/mol. The molecule has 0 rings (SSSR count). The molecule has 0 unspecified atom stereocenters. The van der Waals surface area contributed by atoms with Crippen LogP contribution in [0.2, 0.25) is 0 Å². The maximum Gasteiger partial charge on any atom is 0.472 e. The summed E-state index contributed by atoms with van der Waals surface area (Å²) < 4.78 is 26.3. The van der Waals surface area contributed by atoms with Gasteiger partial charge in [0, 0.05) is 0 Å². The van der Waals surface area contributed by atoms with Gasteiger partial charge in [0.05, 0.1) is 13.2 Å². The van der Waals surface area contributed by atoms with Crippen molar-refractivity contribution in [3.05, 3.63) is 0 Å². The number of phosphoric acid groups is 1. The van der Waals surface area contributed by atoms with E-state index in [1.54, 1.807) is 20.8 Å². The topological polar surface area (TPSA) is 65.0 Å². The Bertz CT molecular complexity index is 294. The van der Waals surface area contributed by atoms with Gasteiger partial charge in [0.2, 0.25) is 0 Å². The van der Waals surface area contributed by atoms with Gasteiger partial charge >= 0.3 is 51.9 Å². The molecule has 0 atom stereocenters. The molecule has 0 amide bonds. The minimum Gasteiger partial charge on any atom is -0.302 e. The van der Waals surface area contributed by atoms with Crippen molar-refractivity contribution >= 4 is 7.82 Å². The normalized spacial score (nSPS) is 11.4. The quantitative estimate of drug-likeness (QED) is 0.158. The number of hydrogen-bond donors (Lipinski definition) is 1. The van der Waals surface area contributed by atoms with E-state index < -0.39 is 7.82 Å². The molecule has 0 bridgehead atoms. The predicted octanol–water partition coefficient (Wildman–Crippen LogP) is 6.71. The molecule has 0 saturated carbocycles. The Kier molecular flexibility index (Phi) is 24.6. The Morgan fingerprint density at radius 3 is 1.38 bits per heavy atom. The third-order valence-corrected chi connectivity index (χ3v) is 5.49. The van der Waals surface area contributed by atoms with Gasteiger partial charge in [-0.15, -0.1) is 0 Å². The number of phosphoric ester groups is 1. The average molecular weight is 429 g/mol. The van der Waals surface area contributed by atoms with Gasteiger partial charge in [-0.1, -0.05) is 78.1 Å². The van der Waals surface area contributed by atoms with Crippen LogP contribution in [0.25, 0.3) is 0 Å². The number of rotatable bonds is 17. The second-order valence-electron chi connectivity index (χ2n) is 6.84. The second-order valence-corrected chi connectivity index (χ2v) is 8.66. The van der Waals surface area contributed by atoms with Crippen LogP contribution in [-0.2, 0) is 37.8 Å². The van der Waals surface area contributed by atoms with Crippen LogP contribution >= 0.6 is 7.82 Å². The summed E-state index contributed by atoms with van der Waals surface area (Å²) in [7, 11) is -3.82. The van der Waals surface area contributed by atoms with E-state index in [1.807, 2.05) is 13.8 Å². The van der Waals surface area contributed by atoms with Crippen LogP contribution < -0.4 is 0 Å². The van der Waals surface area contributed by atoms with Crippen molar-refractivity contribution in [2.75, 3.05) is 13.2 Å². The first-order chi connectivity index (χ1) is 12.4. The molecule has 0 aromatic heterocycles. The van der Waals surface area contributed by atoms with E-state index >= 15 is 0 Å². The zero-order valence-electron chi connectivity index (χ0n) is 17.5. The van der Waals surface area contributed by atoms with Crippen LogP contribution in [0.4, 0.5) is 0 Å². The zero-order chi connectivity index (χ0) is 20.1. The minimum atomic E-state index is -3.82. The molecule has 0 saturated heterocycles. The first-order valence-corrected chi connectivity index (χ1v) is 12.5. The third kappa shape index (κ3) is 27.0. The minimum absolute atomic E-state index is 0.316. The Morgan fingerprint density at radius 1 is 0.769 bits per heavy atom. The van der Waals surface area contributed by atoms with Crippen LogP contribution in [-0.4, -0.2) is 24.2 Å². The van der Waals surface area contributed by atoms with E-state index in [9.17, 15) is 9.46 Å². The Labute approximate surface area is 174 Å². The van der Waals surface area contributed by atoms with Gasteiger partial charge in [-0.25, -0.2) is 4.57 Å². The third-order valence-electron chi connectivity index (χ3n) is 3.74. The second kappa shape index (κ2) is 22.1. The molecule has 0 aromatic rings. The van der Waals surface area contributed by atoms with Crippen molar-refractivity contribution in [3.63, 3.8) is 0 Å². The van der Waals surface area contributed by atoms with Crippen molar-refractivity contribution in [3.8, 4) is 0 Å². The summed E-state index contributed by atoms with van der Waals surface area (Å²) in [6, 6.07) is 0. The molecule has 26 heavy (non-hydrogen) atoms. The molecule has 0 spiro atoms. The van der Waals surface area contributed by atoms with Gasteiger partial charge in [-0.3, -0.25) is 9.05 Å². The van der Waals surface area contributed by atoms with E-state index in [4.69, 9.17) is 12.4 Å². The van der Waals surface area contributed by atoms with Gasteiger partial charge in [0.15, 0.2) is 0 Å². The van der Waals surface area contributed by atoms with Crippen molar-refractivity contribution in [2.24, 2.45) is 0 Å². The average Bonchev–Trinajstić information content (AvgIpc) is 2.60. The summed E-state index contributed by atoms with van der Waals surface area (Å²) in [5.74, 6) is 0. The molecule has 0 aliphatic carbocycles. The fraction of sp³-hybridized carbons (Fsp3) is 1.00. The number of hydrogen-bond acceptors (Lipinski definition) is 4. The van der Waals surface area contributed by atoms with Gasteiger partial charge in [0.1, 0.15) is 0 Å². The van der Waals surface area contributed by atoms with Crippen molar-refractivity contribution in [2.45, 2.75) is 111 Å². The largest absolute Gasteiger partial charge is 0.472 e. The van der Waals surface area contributed by atoms with Crippen LogP contribution in [0.5, 0.6) is 0 Å². The van der Waals surface area contributed by atoms with Gasteiger partial charge in [0.25, 0.3) is 0 Å². The first-order valence-electron chi connectivity index (χ1n) is 10.3. The summed E-state index contributed by atoms with van der Waals surface area (Å²) in [5.41, 5.74) is 0. The van der Waals surface area contributed by atoms with E-state index in [-0.39, 0.29) is 0 Å². The molecule has 0 fully saturated rings. The Morgan fingerprint density at radius 2 is 1.08 bits per heavy atom. The van der Waals surface area contributed by atoms with Crippen LogP contribution in [0, 0.1) is 0 Å². The molecule has 0 heterocycles. The van der Waals surface area contributed by atoms with E-state index in [0.29, 0.717) is 19.3 Å². The van der Waals surface area contributed by atoms with Crippen molar-refractivity contribution < 1.29 is 42.6 Å². The van der Waals surface area contributed by atoms with Crippen molar-refractivity contribution in [1.29, 1.82) is 0 Å². The van der Waals surface area contributed by atoms with E-state index in [0.717, 1.165) is 25.7 Å². The van der Waals surface area contributed by atoms with Gasteiger partial charge in [-0.05, 0) is 12.8 Å². The zero-order valence-corrected chi connectivity index (χ0v) is 20.0. The van der Waals surface area contributed by atoms with Gasteiger partial charge < -0.3 is 4.89 Å². The molecule has 0 aromatic carbocycles. The summed E-state index contributed by atoms with van der Waals surface area (Å²) in [5, 5.41) is 0. The standard InChI is InChI=1S/C16H35O4P.C3H7O.Ti/c1-3-5-7-9-11-13-15-19-21(17,18)20-16-14-12-10-8-6-4-2;1-3(2)4;/h3-16H2,1-2H3,(H,17,18);3H,1-2H3;/q;-1;+1. The predicted molar refractivity (Wildman–Crippen MR) is 105 cm³/mol. The number of unbranched alkanes of at least 4 members (excludes halogenated alkanes) is 10. The van der Waals surface area contributed by atoms with Crippen LogP contribution in [0.15, 0.2) is 0 Å². The fourth-order valence-electron chi connectivity index (χ4n) is 2.16. The van der Waals surface area contributed by atoms with Crippen LogP contribution in [0.1, 0.15) is 105 Å². The summed E-state index contributed by atoms with van der Waals surface area (Å²) in [6.45, 7) is 9.01. The Hall–Kier alpha value is 0.784. The molecule has 0 radical (unpaired) electrons. The molecular weight excluding hydrogens is 387 g/mol. The summed E-state index contributed by atoms with van der Waals surface area (Å²) in [4.78, 5) is 9.51. The van der Waals surface area contributed by atoms with E-state index in [2.05, 4.69) is 13.8 Å². The summed E-state index contributed by atoms with van der Waals surface area (Å²) in [6.07, 6.45) is 14.0. The maximum absolute atomic E-state index is 11.6. The fourth-order valence-corrected chi connectivity index (χ4v) is 2.96. The molecule has 0 aliphatic rings. The maximum atomic E-state index is 11.6. The van der Waals surface area contributed by atoms with E-state index in [1.165, 1.54) is 51.4 Å². The molecular formula is C19H42O5PTi. The SMILES string of the molecule is CC(C)[O][Ti].CCCCCCCCOP(=O)(O)OCCCCCCCC. The summed E-state index contributed by atoms with van der Waals surface area (Å²) >= 11 is 1.70. The molecule has 1 N–H and O–H groups in total. The molecule has 7 heteroatoms. The smallest absolute Gasteiger partial charge is 0.302 e. The molecule has 5 nitrogen and oxygen atoms in total. The molecule has 0 aliphatic heterocycles.